The van der Waals surface area contributed by atoms with Crippen LogP contribution in [0.2, 0.25) is 0 Å². The second-order valence-corrected chi connectivity index (χ2v) is 4.42. The molecule has 2 N–H and O–H groups in total. The zero-order valence-corrected chi connectivity index (χ0v) is 10.8. The van der Waals surface area contributed by atoms with E-state index in [1.54, 1.807) is 7.11 Å². The Morgan fingerprint density at radius 3 is 2.56 bits per heavy atom. The second kappa shape index (κ2) is 4.78. The fourth-order valence-corrected chi connectivity index (χ4v) is 1.46. The van der Waals surface area contributed by atoms with Gasteiger partial charge in [-0.2, -0.15) is 4.98 Å². The van der Waals surface area contributed by atoms with Crippen LogP contribution in [0.5, 0.6) is 5.75 Å². The second-order valence-electron chi connectivity index (χ2n) is 4.42. The van der Waals surface area contributed by atoms with Crippen LogP contribution < -0.4 is 10.5 Å². The summed E-state index contributed by atoms with van der Waals surface area (Å²) in [6.45, 7) is 3.87. The molecule has 5 nitrogen and oxygen atoms in total. The lowest BCUT2D eigenvalue weighted by Crippen LogP contribution is -2.33. The van der Waals surface area contributed by atoms with Crippen molar-refractivity contribution in [3.8, 4) is 17.2 Å². The molecule has 2 aromatic rings. The minimum atomic E-state index is -0.561. The Labute approximate surface area is 106 Å². The number of rotatable bonds is 4. The molecule has 0 bridgehead atoms. The van der Waals surface area contributed by atoms with Gasteiger partial charge in [-0.3, -0.25) is 0 Å². The molecule has 18 heavy (non-hydrogen) atoms. The third kappa shape index (κ3) is 2.36. The monoisotopic (exact) mass is 247 g/mol. The Kier molecular flexibility index (Phi) is 3.34. The van der Waals surface area contributed by atoms with Gasteiger partial charge in [0.1, 0.15) is 5.75 Å². The average molecular weight is 247 g/mol. The summed E-state index contributed by atoms with van der Waals surface area (Å²) in [7, 11) is 1.63. The van der Waals surface area contributed by atoms with Crippen molar-refractivity contribution in [1.29, 1.82) is 0 Å². The smallest absolute Gasteiger partial charge is 0.257 e. The van der Waals surface area contributed by atoms with Crippen molar-refractivity contribution < 1.29 is 9.26 Å². The van der Waals surface area contributed by atoms with Crippen LogP contribution in [0.25, 0.3) is 11.5 Å². The van der Waals surface area contributed by atoms with Crippen molar-refractivity contribution in [1.82, 2.24) is 10.1 Å². The SMILES string of the molecule is CCC(C)(N)c1noc(-c2ccc(OC)cc2)n1. The zero-order chi connectivity index (χ0) is 13.2. The number of ether oxygens (including phenoxy) is 1. The molecule has 0 aliphatic rings. The highest BCUT2D eigenvalue weighted by Crippen LogP contribution is 2.24. The standard InChI is InChI=1S/C13H17N3O2/c1-4-13(2,14)12-15-11(18-16-12)9-5-7-10(17-3)8-6-9/h5-8H,4,14H2,1-3H3. The number of nitrogens with two attached hydrogens (primary N) is 1. The first-order chi connectivity index (χ1) is 8.56. The van der Waals surface area contributed by atoms with E-state index in [0.29, 0.717) is 11.7 Å². The molecule has 0 saturated carbocycles. The molecule has 1 heterocycles. The molecular weight excluding hydrogens is 230 g/mol. The number of hydrogen-bond donors (Lipinski definition) is 1. The molecule has 1 aromatic carbocycles. The fourth-order valence-electron chi connectivity index (χ4n) is 1.46. The molecule has 2 rings (SSSR count). The highest BCUT2D eigenvalue weighted by atomic mass is 16.5. The molecule has 1 aromatic heterocycles. The Hall–Kier alpha value is -1.88. The summed E-state index contributed by atoms with van der Waals surface area (Å²) in [5.41, 5.74) is 6.36. The van der Waals surface area contributed by atoms with Gasteiger partial charge in [-0.1, -0.05) is 12.1 Å². The van der Waals surface area contributed by atoms with Crippen molar-refractivity contribution in [2.24, 2.45) is 5.73 Å². The lowest BCUT2D eigenvalue weighted by atomic mass is 10.00. The lowest BCUT2D eigenvalue weighted by molar-refractivity contribution is 0.379. The Morgan fingerprint density at radius 1 is 1.33 bits per heavy atom. The zero-order valence-electron chi connectivity index (χ0n) is 10.8. The summed E-state index contributed by atoms with van der Waals surface area (Å²) in [6.07, 6.45) is 0.745. The van der Waals surface area contributed by atoms with Gasteiger partial charge >= 0.3 is 0 Å². The minimum absolute atomic E-state index is 0.470. The predicted octanol–water partition coefficient (Wildman–Crippen LogP) is 2.33. The summed E-state index contributed by atoms with van der Waals surface area (Å²) < 4.78 is 10.3. The van der Waals surface area contributed by atoms with E-state index in [1.165, 1.54) is 0 Å². The van der Waals surface area contributed by atoms with Crippen molar-refractivity contribution in [2.45, 2.75) is 25.8 Å². The van der Waals surface area contributed by atoms with Gasteiger partial charge in [0, 0.05) is 5.56 Å². The summed E-state index contributed by atoms with van der Waals surface area (Å²) >= 11 is 0. The highest BCUT2D eigenvalue weighted by molar-refractivity contribution is 5.54. The maximum absolute atomic E-state index is 6.07. The van der Waals surface area contributed by atoms with Gasteiger partial charge in [0.2, 0.25) is 0 Å². The van der Waals surface area contributed by atoms with E-state index in [4.69, 9.17) is 15.0 Å². The first-order valence-electron chi connectivity index (χ1n) is 5.84. The third-order valence-corrected chi connectivity index (χ3v) is 3.01. The van der Waals surface area contributed by atoms with E-state index in [9.17, 15) is 0 Å². The van der Waals surface area contributed by atoms with Gasteiger partial charge in [0.25, 0.3) is 5.89 Å². The highest BCUT2D eigenvalue weighted by Gasteiger charge is 2.25. The Bertz CT molecular complexity index is 517. The van der Waals surface area contributed by atoms with Gasteiger partial charge in [0.15, 0.2) is 5.82 Å². The summed E-state index contributed by atoms with van der Waals surface area (Å²) in [6, 6.07) is 7.44. The molecule has 0 saturated heterocycles. The van der Waals surface area contributed by atoms with E-state index in [1.807, 2.05) is 38.1 Å². The Balaban J connectivity index is 2.29. The van der Waals surface area contributed by atoms with E-state index in [0.717, 1.165) is 17.7 Å². The van der Waals surface area contributed by atoms with Crippen LogP contribution in [-0.2, 0) is 5.54 Å². The van der Waals surface area contributed by atoms with Gasteiger partial charge in [-0.05, 0) is 37.6 Å². The van der Waals surface area contributed by atoms with Crippen molar-refractivity contribution in [2.75, 3.05) is 7.11 Å². The number of benzene rings is 1. The molecule has 96 valence electrons. The van der Waals surface area contributed by atoms with E-state index >= 15 is 0 Å². The predicted molar refractivity (Wildman–Crippen MR) is 68.1 cm³/mol. The molecule has 0 radical (unpaired) electrons. The van der Waals surface area contributed by atoms with Gasteiger partial charge < -0.3 is 15.0 Å². The van der Waals surface area contributed by atoms with Crippen LogP contribution in [0, 0.1) is 0 Å². The molecule has 0 amide bonds. The quantitative estimate of drug-likeness (QED) is 0.897. The number of nitrogens with zero attached hydrogens (tertiary/aromatic N) is 2. The molecule has 0 spiro atoms. The van der Waals surface area contributed by atoms with Crippen LogP contribution >= 0.6 is 0 Å². The number of methoxy groups -OCH3 is 1. The minimum Gasteiger partial charge on any atom is -0.497 e. The maximum Gasteiger partial charge on any atom is 0.257 e. The lowest BCUT2D eigenvalue weighted by Gasteiger charge is -2.16. The topological polar surface area (TPSA) is 74.2 Å². The summed E-state index contributed by atoms with van der Waals surface area (Å²) in [5.74, 6) is 1.78. The summed E-state index contributed by atoms with van der Waals surface area (Å²) in [5, 5.41) is 3.94. The van der Waals surface area contributed by atoms with Crippen LogP contribution in [-0.4, -0.2) is 17.3 Å². The number of hydrogen-bond acceptors (Lipinski definition) is 5. The van der Waals surface area contributed by atoms with Gasteiger partial charge in [-0.15, -0.1) is 0 Å². The maximum atomic E-state index is 6.07. The van der Waals surface area contributed by atoms with Crippen molar-refractivity contribution in [3.63, 3.8) is 0 Å². The van der Waals surface area contributed by atoms with Gasteiger partial charge in [-0.25, -0.2) is 0 Å². The summed E-state index contributed by atoms with van der Waals surface area (Å²) in [4.78, 5) is 4.33. The van der Waals surface area contributed by atoms with Crippen LogP contribution in [0.15, 0.2) is 28.8 Å². The molecule has 0 fully saturated rings. The molecule has 0 aliphatic carbocycles. The molecule has 0 aliphatic heterocycles. The first kappa shape index (κ1) is 12.6. The van der Waals surface area contributed by atoms with Crippen LogP contribution in [0.1, 0.15) is 26.1 Å². The molecule has 1 unspecified atom stereocenters. The van der Waals surface area contributed by atoms with Crippen molar-refractivity contribution in [3.05, 3.63) is 30.1 Å². The van der Waals surface area contributed by atoms with E-state index < -0.39 is 5.54 Å². The fraction of sp³-hybridized carbons (Fsp3) is 0.385. The average Bonchev–Trinajstić information content (AvgIpc) is 2.89. The third-order valence-electron chi connectivity index (χ3n) is 3.01. The first-order valence-corrected chi connectivity index (χ1v) is 5.84. The Morgan fingerprint density at radius 2 is 2.00 bits per heavy atom. The van der Waals surface area contributed by atoms with E-state index in [-0.39, 0.29) is 0 Å². The van der Waals surface area contributed by atoms with Crippen LogP contribution in [0.3, 0.4) is 0 Å². The molecule has 5 heteroatoms. The van der Waals surface area contributed by atoms with Gasteiger partial charge in [0.05, 0.1) is 12.6 Å². The molecule has 1 atom stereocenters. The normalized spacial score (nSPS) is 14.2. The number of aromatic nitrogens is 2. The molecular formula is C13H17N3O2. The van der Waals surface area contributed by atoms with E-state index in [2.05, 4.69) is 10.1 Å². The largest absolute Gasteiger partial charge is 0.497 e. The van der Waals surface area contributed by atoms with Crippen molar-refractivity contribution >= 4 is 0 Å². The van der Waals surface area contributed by atoms with Crippen LogP contribution in [0.4, 0.5) is 0 Å².